The fraction of sp³-hybridized carbons (Fsp3) is 0.571. The van der Waals surface area contributed by atoms with Crippen LogP contribution in [0.1, 0.15) is 26.0 Å². The molecule has 2 saturated heterocycles. The van der Waals surface area contributed by atoms with Gasteiger partial charge in [-0.25, -0.2) is 15.0 Å². The van der Waals surface area contributed by atoms with E-state index < -0.39 is 0 Å². The number of anilines is 3. The summed E-state index contributed by atoms with van der Waals surface area (Å²) in [6.07, 6.45) is 4.34. The zero-order valence-corrected chi connectivity index (χ0v) is 18.5. The topological polar surface area (TPSA) is 115 Å². The standard InChI is InChI=1S/C21H29N9O2/c1-3-31-8-7-30-19-18(16(28-30)12-32-4-2)26-21(29-11-14-9-15(29)10-23-14)27-20(19)25-17-5-6-22-13-24-17/h5-6,13-15,23H,3-4,7-12H2,1-2H3,(H,22,24,25,26,27)/t14-,15-/m0/s1. The lowest BCUT2D eigenvalue weighted by atomic mass is 10.2. The molecule has 0 aromatic carbocycles. The highest BCUT2D eigenvalue weighted by molar-refractivity contribution is 5.90. The smallest absolute Gasteiger partial charge is 0.228 e. The van der Waals surface area contributed by atoms with Crippen molar-refractivity contribution in [2.75, 3.05) is 43.1 Å². The van der Waals surface area contributed by atoms with Crippen molar-refractivity contribution in [3.05, 3.63) is 24.3 Å². The van der Waals surface area contributed by atoms with Gasteiger partial charge in [-0.15, -0.1) is 0 Å². The van der Waals surface area contributed by atoms with Crippen LogP contribution in [0.5, 0.6) is 0 Å². The number of rotatable bonds is 10. The van der Waals surface area contributed by atoms with Gasteiger partial charge in [-0.2, -0.15) is 10.1 Å². The van der Waals surface area contributed by atoms with Crippen LogP contribution in [0.25, 0.3) is 11.0 Å². The lowest BCUT2D eigenvalue weighted by Gasteiger charge is -2.27. The molecule has 2 N–H and O–H groups in total. The zero-order valence-electron chi connectivity index (χ0n) is 18.5. The van der Waals surface area contributed by atoms with Gasteiger partial charge in [0.2, 0.25) is 5.95 Å². The molecular weight excluding hydrogens is 410 g/mol. The van der Waals surface area contributed by atoms with E-state index in [0.29, 0.717) is 62.6 Å². The third kappa shape index (κ3) is 4.10. The SMILES string of the molecule is CCOCCn1nc(COCC)c2nc(N3C[C@@H]4C[C@H]3CN4)nc(Nc3ccncn3)c21. The van der Waals surface area contributed by atoms with Gasteiger partial charge in [0.25, 0.3) is 0 Å². The van der Waals surface area contributed by atoms with E-state index in [0.717, 1.165) is 36.2 Å². The molecule has 2 aliphatic heterocycles. The van der Waals surface area contributed by atoms with Crippen molar-refractivity contribution >= 4 is 28.6 Å². The largest absolute Gasteiger partial charge is 0.380 e. The minimum atomic E-state index is 0.394. The maximum absolute atomic E-state index is 5.71. The molecule has 2 bridgehead atoms. The first-order valence-electron chi connectivity index (χ1n) is 11.2. The highest BCUT2D eigenvalue weighted by atomic mass is 16.5. The predicted octanol–water partition coefficient (Wildman–Crippen LogP) is 1.48. The van der Waals surface area contributed by atoms with Crippen molar-refractivity contribution in [1.82, 2.24) is 35.0 Å². The minimum Gasteiger partial charge on any atom is -0.380 e. The van der Waals surface area contributed by atoms with Crippen molar-refractivity contribution in [3.63, 3.8) is 0 Å². The van der Waals surface area contributed by atoms with Gasteiger partial charge >= 0.3 is 0 Å². The first-order valence-corrected chi connectivity index (χ1v) is 11.2. The summed E-state index contributed by atoms with van der Waals surface area (Å²) in [6.45, 7) is 8.63. The number of hydrogen-bond acceptors (Lipinski definition) is 10. The molecule has 3 aromatic rings. The Bertz CT molecular complexity index is 1060. The van der Waals surface area contributed by atoms with Crippen LogP contribution >= 0.6 is 0 Å². The van der Waals surface area contributed by atoms with E-state index >= 15 is 0 Å². The summed E-state index contributed by atoms with van der Waals surface area (Å²) in [4.78, 5) is 20.6. The van der Waals surface area contributed by atoms with Gasteiger partial charge in [0.05, 0.1) is 19.8 Å². The van der Waals surface area contributed by atoms with Gasteiger partial charge in [0, 0.05) is 44.6 Å². The molecule has 5 heterocycles. The van der Waals surface area contributed by atoms with Gasteiger partial charge < -0.3 is 25.0 Å². The first-order chi connectivity index (χ1) is 15.8. The average molecular weight is 440 g/mol. The maximum atomic E-state index is 5.71. The average Bonchev–Trinajstić information content (AvgIpc) is 3.53. The Labute approximate surface area is 186 Å². The molecule has 0 saturated carbocycles. The fourth-order valence-electron chi connectivity index (χ4n) is 4.39. The molecule has 11 heteroatoms. The van der Waals surface area contributed by atoms with Crippen LogP contribution in [-0.4, -0.2) is 74.7 Å². The fourth-order valence-corrected chi connectivity index (χ4v) is 4.39. The van der Waals surface area contributed by atoms with Crippen LogP contribution in [0, 0.1) is 0 Å². The lowest BCUT2D eigenvalue weighted by molar-refractivity contribution is 0.128. The Morgan fingerprint density at radius 1 is 1.22 bits per heavy atom. The summed E-state index contributed by atoms with van der Waals surface area (Å²) in [6, 6.07) is 2.72. The molecule has 11 nitrogen and oxygen atoms in total. The van der Waals surface area contributed by atoms with Crippen LogP contribution < -0.4 is 15.5 Å². The second kappa shape index (κ2) is 9.31. The van der Waals surface area contributed by atoms with Gasteiger partial charge in [-0.1, -0.05) is 0 Å². The second-order valence-corrected chi connectivity index (χ2v) is 7.94. The van der Waals surface area contributed by atoms with E-state index in [4.69, 9.17) is 24.5 Å². The molecule has 0 spiro atoms. The molecule has 0 radical (unpaired) electrons. The molecule has 0 unspecified atom stereocenters. The number of aromatic nitrogens is 6. The van der Waals surface area contributed by atoms with Crippen molar-refractivity contribution in [3.8, 4) is 0 Å². The van der Waals surface area contributed by atoms with Gasteiger partial charge in [-0.3, -0.25) is 4.68 Å². The van der Waals surface area contributed by atoms with Crippen LogP contribution in [0.4, 0.5) is 17.6 Å². The molecule has 3 aromatic heterocycles. The number of hydrogen-bond donors (Lipinski definition) is 2. The Morgan fingerprint density at radius 2 is 2.12 bits per heavy atom. The third-order valence-corrected chi connectivity index (χ3v) is 5.88. The lowest BCUT2D eigenvalue weighted by Crippen LogP contribution is -2.44. The van der Waals surface area contributed by atoms with E-state index in [1.807, 2.05) is 24.6 Å². The number of nitrogens with one attached hydrogen (secondary N) is 2. The molecule has 2 fully saturated rings. The van der Waals surface area contributed by atoms with Crippen LogP contribution in [0.2, 0.25) is 0 Å². The highest BCUT2D eigenvalue weighted by Crippen LogP contribution is 2.32. The van der Waals surface area contributed by atoms with Crippen molar-refractivity contribution in [2.45, 2.75) is 45.5 Å². The Balaban J connectivity index is 1.60. The van der Waals surface area contributed by atoms with Gasteiger partial charge in [0.1, 0.15) is 28.9 Å². The molecule has 170 valence electrons. The normalized spacial score (nSPS) is 19.9. The van der Waals surface area contributed by atoms with E-state index in [2.05, 4.69) is 25.5 Å². The molecule has 5 rings (SSSR count). The van der Waals surface area contributed by atoms with E-state index in [1.165, 1.54) is 6.33 Å². The summed E-state index contributed by atoms with van der Waals surface area (Å²) in [7, 11) is 0. The monoisotopic (exact) mass is 439 g/mol. The summed E-state index contributed by atoms with van der Waals surface area (Å²) < 4.78 is 13.2. The highest BCUT2D eigenvalue weighted by Gasteiger charge is 2.39. The maximum Gasteiger partial charge on any atom is 0.228 e. The summed E-state index contributed by atoms with van der Waals surface area (Å²) in [5.41, 5.74) is 2.42. The molecule has 2 atom stereocenters. The van der Waals surface area contributed by atoms with Crippen LogP contribution in [0.3, 0.4) is 0 Å². The van der Waals surface area contributed by atoms with E-state index in [1.54, 1.807) is 6.20 Å². The van der Waals surface area contributed by atoms with E-state index in [-0.39, 0.29) is 0 Å². The molecule has 2 aliphatic rings. The first kappa shape index (κ1) is 21.0. The van der Waals surface area contributed by atoms with Crippen LogP contribution in [0.15, 0.2) is 18.6 Å². The molecule has 0 aliphatic carbocycles. The number of fused-ring (bicyclic) bond motifs is 3. The van der Waals surface area contributed by atoms with Crippen molar-refractivity contribution in [2.24, 2.45) is 0 Å². The minimum absolute atomic E-state index is 0.394. The van der Waals surface area contributed by atoms with Crippen LogP contribution in [-0.2, 0) is 22.6 Å². The molecule has 0 amide bonds. The van der Waals surface area contributed by atoms with Gasteiger partial charge in [-0.05, 0) is 26.3 Å². The summed E-state index contributed by atoms with van der Waals surface area (Å²) in [5, 5.41) is 11.7. The second-order valence-electron chi connectivity index (χ2n) is 7.94. The van der Waals surface area contributed by atoms with E-state index in [9.17, 15) is 0 Å². The number of ether oxygens (including phenoxy) is 2. The third-order valence-electron chi connectivity index (χ3n) is 5.88. The predicted molar refractivity (Wildman–Crippen MR) is 120 cm³/mol. The van der Waals surface area contributed by atoms with Gasteiger partial charge in [0.15, 0.2) is 5.82 Å². The quantitative estimate of drug-likeness (QED) is 0.450. The summed E-state index contributed by atoms with van der Waals surface area (Å²) >= 11 is 0. The Hall–Kier alpha value is -2.89. The summed E-state index contributed by atoms with van der Waals surface area (Å²) in [5.74, 6) is 2.05. The van der Waals surface area contributed by atoms with Crippen molar-refractivity contribution in [1.29, 1.82) is 0 Å². The van der Waals surface area contributed by atoms with Crippen molar-refractivity contribution < 1.29 is 9.47 Å². The Kier molecular flexibility index (Phi) is 6.10. The number of piperazine rings is 1. The molecule has 32 heavy (non-hydrogen) atoms. The molecular formula is C21H29N9O2. The Morgan fingerprint density at radius 3 is 2.84 bits per heavy atom. The zero-order chi connectivity index (χ0) is 21.9. The number of nitrogens with zero attached hydrogens (tertiary/aromatic N) is 7.